The van der Waals surface area contributed by atoms with E-state index in [9.17, 15) is 14.3 Å². The zero-order valence-corrected chi connectivity index (χ0v) is 13.0. The third-order valence-electron chi connectivity index (χ3n) is 3.67. The molecular weight excluding hydrogens is 329 g/mol. The zero-order valence-electron chi connectivity index (χ0n) is 11.4. The van der Waals surface area contributed by atoms with Crippen LogP contribution >= 0.6 is 23.8 Å². The summed E-state index contributed by atoms with van der Waals surface area (Å²) in [6.45, 7) is 1.59. The molecule has 3 N–H and O–H groups in total. The lowest BCUT2D eigenvalue weighted by Crippen LogP contribution is -2.35. The number of halogens is 2. The third-order valence-corrected chi connectivity index (χ3v) is 4.16. The molecular formula is C14H13ClFN3O2S. The molecule has 0 unspecified atom stereocenters. The van der Waals surface area contributed by atoms with Crippen LogP contribution in [0.1, 0.15) is 16.8 Å². The van der Waals surface area contributed by atoms with Gasteiger partial charge in [0.15, 0.2) is 16.3 Å². The van der Waals surface area contributed by atoms with Gasteiger partial charge in [-0.2, -0.15) is 0 Å². The van der Waals surface area contributed by atoms with Crippen molar-refractivity contribution in [2.24, 2.45) is 0 Å². The fraction of sp³-hybridized carbons (Fsp3) is 0.286. The second-order valence-electron chi connectivity index (χ2n) is 5.23. The van der Waals surface area contributed by atoms with E-state index >= 15 is 0 Å². The smallest absolute Gasteiger partial charge is 0.256 e. The Balaban J connectivity index is 1.84. The van der Waals surface area contributed by atoms with Crippen LogP contribution in [0.2, 0.25) is 5.02 Å². The van der Waals surface area contributed by atoms with E-state index in [0.29, 0.717) is 42.0 Å². The van der Waals surface area contributed by atoms with Gasteiger partial charge in [-0.3, -0.25) is 14.7 Å². The van der Waals surface area contributed by atoms with Crippen LogP contribution in [0.4, 0.5) is 4.39 Å². The molecule has 2 heterocycles. The van der Waals surface area contributed by atoms with Gasteiger partial charge in [0.2, 0.25) is 0 Å². The minimum Gasteiger partial charge on any atom is -0.504 e. The molecule has 0 atom stereocenters. The van der Waals surface area contributed by atoms with E-state index in [-0.39, 0.29) is 10.6 Å². The minimum absolute atomic E-state index is 0.0191. The number of phenols is 1. The van der Waals surface area contributed by atoms with Gasteiger partial charge < -0.3 is 10.1 Å². The number of aromatic amines is 2. The van der Waals surface area contributed by atoms with Gasteiger partial charge in [-0.1, -0.05) is 11.6 Å². The number of nitrogens with one attached hydrogen (secondary N) is 2. The maximum Gasteiger partial charge on any atom is 0.256 e. The predicted octanol–water partition coefficient (Wildman–Crippen LogP) is 2.49. The highest BCUT2D eigenvalue weighted by atomic mass is 35.5. The van der Waals surface area contributed by atoms with Crippen molar-refractivity contribution < 1.29 is 9.50 Å². The van der Waals surface area contributed by atoms with Gasteiger partial charge in [-0.15, -0.1) is 0 Å². The van der Waals surface area contributed by atoms with Crippen LogP contribution in [-0.2, 0) is 19.5 Å². The Hall–Kier alpha value is -1.70. The first kappa shape index (κ1) is 15.2. The van der Waals surface area contributed by atoms with Gasteiger partial charge >= 0.3 is 0 Å². The van der Waals surface area contributed by atoms with Gasteiger partial charge in [0, 0.05) is 31.7 Å². The second-order valence-corrected chi connectivity index (χ2v) is 6.05. The summed E-state index contributed by atoms with van der Waals surface area (Å²) < 4.78 is 13.8. The van der Waals surface area contributed by atoms with Crippen LogP contribution < -0.4 is 5.56 Å². The summed E-state index contributed by atoms with van der Waals surface area (Å²) >= 11 is 10.7. The quantitative estimate of drug-likeness (QED) is 0.734. The molecule has 1 aromatic heterocycles. The van der Waals surface area contributed by atoms with E-state index in [0.717, 1.165) is 5.69 Å². The van der Waals surface area contributed by atoms with Crippen molar-refractivity contribution in [2.45, 2.75) is 19.5 Å². The molecule has 0 saturated carbocycles. The topological polar surface area (TPSA) is 72.1 Å². The first-order valence-corrected chi connectivity index (χ1v) is 7.46. The van der Waals surface area contributed by atoms with Crippen molar-refractivity contribution in [2.75, 3.05) is 6.54 Å². The molecule has 2 aromatic rings. The van der Waals surface area contributed by atoms with Crippen LogP contribution in [0, 0.1) is 10.6 Å². The first-order chi connectivity index (χ1) is 10.4. The molecule has 22 heavy (non-hydrogen) atoms. The van der Waals surface area contributed by atoms with E-state index in [4.69, 9.17) is 23.8 Å². The normalized spacial score (nSPS) is 14.8. The molecule has 116 valence electrons. The number of H-pyrrole nitrogens is 2. The average Bonchev–Trinajstić information content (AvgIpc) is 2.45. The van der Waals surface area contributed by atoms with E-state index in [2.05, 4.69) is 9.97 Å². The lowest BCUT2D eigenvalue weighted by Gasteiger charge is -2.27. The Morgan fingerprint density at radius 2 is 2.18 bits per heavy atom. The molecule has 0 amide bonds. The molecule has 0 fully saturated rings. The number of rotatable bonds is 2. The van der Waals surface area contributed by atoms with Crippen LogP contribution in [0.15, 0.2) is 16.9 Å². The number of benzene rings is 1. The Bertz CT molecular complexity index is 826. The number of fused-ring (bicyclic) bond motifs is 1. The van der Waals surface area contributed by atoms with E-state index in [1.807, 2.05) is 4.90 Å². The highest BCUT2D eigenvalue weighted by Gasteiger charge is 2.20. The van der Waals surface area contributed by atoms with Crippen molar-refractivity contribution >= 4 is 23.8 Å². The Labute approximate surface area is 135 Å². The molecule has 0 bridgehead atoms. The largest absolute Gasteiger partial charge is 0.504 e. The van der Waals surface area contributed by atoms with Gasteiger partial charge in [0.25, 0.3) is 5.56 Å². The fourth-order valence-electron chi connectivity index (χ4n) is 2.61. The van der Waals surface area contributed by atoms with Crippen LogP contribution in [0.3, 0.4) is 0 Å². The van der Waals surface area contributed by atoms with Crippen molar-refractivity contribution in [1.82, 2.24) is 14.9 Å². The van der Waals surface area contributed by atoms with Crippen molar-refractivity contribution in [3.05, 3.63) is 54.9 Å². The molecule has 1 aliphatic heterocycles. The number of hydrogen-bond donors (Lipinski definition) is 3. The Kier molecular flexibility index (Phi) is 4.03. The average molecular weight is 342 g/mol. The SMILES string of the molecule is O=c1[nH]c(=S)[nH]c2c1CN(Cc1cc(F)c(O)c(Cl)c1)CC2. The van der Waals surface area contributed by atoms with Crippen LogP contribution in [-0.4, -0.2) is 26.5 Å². The van der Waals surface area contributed by atoms with Gasteiger partial charge in [0.1, 0.15) is 0 Å². The summed E-state index contributed by atoms with van der Waals surface area (Å²) in [5, 5.41) is 9.33. The highest BCUT2D eigenvalue weighted by molar-refractivity contribution is 7.71. The second kappa shape index (κ2) is 5.83. The van der Waals surface area contributed by atoms with Gasteiger partial charge in [-0.25, -0.2) is 4.39 Å². The molecule has 1 aromatic carbocycles. The minimum atomic E-state index is -0.748. The highest BCUT2D eigenvalue weighted by Crippen LogP contribution is 2.28. The summed E-state index contributed by atoms with van der Waals surface area (Å²) in [5.41, 5.74) is 1.94. The number of aromatic nitrogens is 2. The standard InChI is InChI=1S/C14H13ClFN3O2S/c15-9-3-7(4-10(16)12(9)20)5-19-2-1-11-8(6-19)13(21)18-14(22)17-11/h3-4,20H,1-2,5-6H2,(H2,17,18,21,22). The zero-order chi connectivity index (χ0) is 15.9. The van der Waals surface area contributed by atoms with Crippen molar-refractivity contribution in [3.8, 4) is 5.75 Å². The summed E-state index contributed by atoms with van der Waals surface area (Å²) in [7, 11) is 0. The molecule has 1 aliphatic rings. The lowest BCUT2D eigenvalue weighted by atomic mass is 10.1. The van der Waals surface area contributed by atoms with Gasteiger partial charge in [-0.05, 0) is 29.9 Å². The number of nitrogens with zero attached hydrogens (tertiary/aromatic N) is 1. The first-order valence-electron chi connectivity index (χ1n) is 6.67. The molecule has 5 nitrogen and oxygen atoms in total. The van der Waals surface area contributed by atoms with E-state index in [1.165, 1.54) is 12.1 Å². The molecule has 0 spiro atoms. The molecule has 0 aliphatic carbocycles. The maximum absolute atomic E-state index is 13.5. The molecule has 8 heteroatoms. The third kappa shape index (κ3) is 2.92. The number of phenolic OH excluding ortho intramolecular Hbond substituents is 1. The van der Waals surface area contributed by atoms with Gasteiger partial charge in [0.05, 0.1) is 10.6 Å². The summed E-state index contributed by atoms with van der Waals surface area (Å²) in [4.78, 5) is 19.5. The van der Waals surface area contributed by atoms with Crippen molar-refractivity contribution in [3.63, 3.8) is 0 Å². The lowest BCUT2D eigenvalue weighted by molar-refractivity contribution is 0.241. The monoisotopic (exact) mass is 341 g/mol. The van der Waals surface area contributed by atoms with Crippen LogP contribution in [0.5, 0.6) is 5.75 Å². The maximum atomic E-state index is 13.5. The molecule has 3 rings (SSSR count). The van der Waals surface area contributed by atoms with Crippen LogP contribution in [0.25, 0.3) is 0 Å². The Morgan fingerprint density at radius 3 is 2.91 bits per heavy atom. The molecule has 0 saturated heterocycles. The van der Waals surface area contributed by atoms with E-state index in [1.54, 1.807) is 0 Å². The molecule has 0 radical (unpaired) electrons. The summed E-state index contributed by atoms with van der Waals surface area (Å²) in [5.74, 6) is -1.29. The summed E-state index contributed by atoms with van der Waals surface area (Å²) in [6.07, 6.45) is 0.664. The fourth-order valence-corrected chi connectivity index (χ4v) is 3.06. The number of hydrogen-bond acceptors (Lipinski definition) is 4. The van der Waals surface area contributed by atoms with E-state index < -0.39 is 11.6 Å². The number of aromatic hydroxyl groups is 1. The summed E-state index contributed by atoms with van der Waals surface area (Å²) in [6, 6.07) is 2.78. The van der Waals surface area contributed by atoms with Crippen molar-refractivity contribution in [1.29, 1.82) is 0 Å². The Morgan fingerprint density at radius 1 is 1.41 bits per heavy atom. The predicted molar refractivity (Wildman–Crippen MR) is 83.1 cm³/mol.